The van der Waals surface area contributed by atoms with Gasteiger partial charge >= 0.3 is 5.97 Å². The first-order valence-corrected chi connectivity index (χ1v) is 7.09. The monoisotopic (exact) mass is 308 g/mol. The maximum atomic E-state index is 11.6. The maximum Gasteiger partial charge on any atom is 0.307 e. The third-order valence-corrected chi connectivity index (χ3v) is 3.12. The number of imidazole rings is 1. The van der Waals surface area contributed by atoms with E-state index in [0.717, 1.165) is 24.3 Å². The van der Waals surface area contributed by atoms with E-state index in [2.05, 4.69) is 21.9 Å². The predicted octanol–water partition coefficient (Wildman–Crippen LogP) is 1.31. The minimum atomic E-state index is -0.267. The molecule has 3 N–H and O–H groups in total. The fourth-order valence-corrected chi connectivity index (χ4v) is 2.00. The molecule has 0 aliphatic rings. The molecule has 0 spiro atoms. The molecule has 0 unspecified atom stereocenters. The van der Waals surface area contributed by atoms with Crippen molar-refractivity contribution in [2.24, 2.45) is 0 Å². The zero-order valence-corrected chi connectivity index (χ0v) is 12.7. The molecule has 0 aromatic carbocycles. The number of nitrogens with zero attached hydrogens (tertiary/aromatic N) is 5. The van der Waals surface area contributed by atoms with Gasteiger partial charge in [0, 0.05) is 13.5 Å². The van der Waals surface area contributed by atoms with Crippen LogP contribution in [0.4, 0.5) is 11.8 Å². The molecule has 0 saturated heterocycles. The van der Waals surface area contributed by atoms with Crippen molar-refractivity contribution in [3.63, 3.8) is 0 Å². The molecule has 0 bridgehead atoms. The number of nitrogen functional groups attached to an aromatic ring is 1. The highest BCUT2D eigenvalue weighted by Gasteiger charge is 2.15. The Morgan fingerprint density at radius 1 is 1.45 bits per heavy atom. The molecule has 0 amide bonds. The van der Waals surface area contributed by atoms with Crippen LogP contribution in [0.15, 0.2) is 6.33 Å². The summed E-state index contributed by atoms with van der Waals surface area (Å²) in [6.07, 6.45) is 4.72. The van der Waals surface area contributed by atoms with E-state index in [0.29, 0.717) is 17.6 Å². The molecule has 0 saturated carbocycles. The summed E-state index contributed by atoms with van der Waals surface area (Å²) in [5, 5.41) is 10.4. The summed E-state index contributed by atoms with van der Waals surface area (Å²) >= 11 is 0. The molecule has 2 heterocycles. The number of unbranched alkanes of at least 4 members (excludes halogenated alkanes) is 2. The van der Waals surface area contributed by atoms with Gasteiger partial charge in [0.1, 0.15) is 0 Å². The minimum absolute atomic E-state index is 0.000535. The lowest BCUT2D eigenvalue weighted by Crippen LogP contribution is -2.14. The van der Waals surface area contributed by atoms with Gasteiger partial charge in [-0.3, -0.25) is 14.6 Å². The molecule has 9 nitrogen and oxygen atoms in total. The van der Waals surface area contributed by atoms with Crippen LogP contribution in [0.25, 0.3) is 11.2 Å². The third-order valence-electron chi connectivity index (χ3n) is 3.12. The Balaban J connectivity index is 2.11. The molecule has 9 heteroatoms. The summed E-state index contributed by atoms with van der Waals surface area (Å²) in [6.45, 7) is 2.06. The summed E-state index contributed by atoms with van der Waals surface area (Å²) in [4.78, 5) is 23.7. The van der Waals surface area contributed by atoms with Crippen LogP contribution in [-0.4, -0.2) is 37.7 Å². The minimum Gasteiger partial charge on any atom is -0.444 e. The quantitative estimate of drug-likeness (QED) is 0.446. The molecule has 22 heavy (non-hydrogen) atoms. The van der Waals surface area contributed by atoms with Crippen LogP contribution >= 0.6 is 0 Å². The SMILES string of the molecule is CCCCCC(=O)OCn1cnc2c(N(C)O)nc(N)nc21. The van der Waals surface area contributed by atoms with Gasteiger partial charge in [0.2, 0.25) is 5.95 Å². The van der Waals surface area contributed by atoms with Crippen LogP contribution in [-0.2, 0) is 16.3 Å². The van der Waals surface area contributed by atoms with Crippen molar-refractivity contribution in [2.75, 3.05) is 17.8 Å². The lowest BCUT2D eigenvalue weighted by atomic mass is 10.2. The highest BCUT2D eigenvalue weighted by atomic mass is 16.5. The number of hydroxylamine groups is 1. The number of hydrogen-bond donors (Lipinski definition) is 2. The average molecular weight is 308 g/mol. The first kappa shape index (κ1) is 16.0. The van der Waals surface area contributed by atoms with Gasteiger partial charge in [0.05, 0.1) is 6.33 Å². The fourth-order valence-electron chi connectivity index (χ4n) is 2.00. The van der Waals surface area contributed by atoms with E-state index < -0.39 is 0 Å². The zero-order valence-electron chi connectivity index (χ0n) is 12.7. The van der Waals surface area contributed by atoms with E-state index in [1.165, 1.54) is 17.9 Å². The second kappa shape index (κ2) is 7.03. The van der Waals surface area contributed by atoms with Crippen LogP contribution in [0.2, 0.25) is 0 Å². The Bertz CT molecular complexity index is 655. The van der Waals surface area contributed by atoms with Crippen LogP contribution in [0.1, 0.15) is 32.6 Å². The van der Waals surface area contributed by atoms with Crippen molar-refractivity contribution in [3.8, 4) is 0 Å². The normalized spacial score (nSPS) is 10.9. The molecule has 2 rings (SSSR count). The van der Waals surface area contributed by atoms with Crippen molar-refractivity contribution >= 4 is 28.9 Å². The van der Waals surface area contributed by atoms with E-state index in [4.69, 9.17) is 10.5 Å². The zero-order chi connectivity index (χ0) is 16.1. The van der Waals surface area contributed by atoms with Gasteiger partial charge in [0.15, 0.2) is 23.7 Å². The van der Waals surface area contributed by atoms with E-state index >= 15 is 0 Å². The number of esters is 1. The Hall–Kier alpha value is -2.42. The lowest BCUT2D eigenvalue weighted by Gasteiger charge is -2.10. The van der Waals surface area contributed by atoms with Gasteiger partial charge in [0.25, 0.3) is 0 Å². The summed E-state index contributed by atoms with van der Waals surface area (Å²) in [6, 6.07) is 0. The predicted molar refractivity (Wildman–Crippen MR) is 80.2 cm³/mol. The first-order chi connectivity index (χ1) is 10.5. The summed E-state index contributed by atoms with van der Waals surface area (Å²) in [7, 11) is 1.41. The van der Waals surface area contributed by atoms with E-state index in [1.54, 1.807) is 0 Å². The molecule has 0 aliphatic heterocycles. The Morgan fingerprint density at radius 2 is 2.23 bits per heavy atom. The molecule has 0 atom stereocenters. The van der Waals surface area contributed by atoms with Crippen LogP contribution < -0.4 is 10.8 Å². The van der Waals surface area contributed by atoms with Crippen molar-refractivity contribution < 1.29 is 14.7 Å². The van der Waals surface area contributed by atoms with Gasteiger partial charge in [-0.15, -0.1) is 0 Å². The highest BCUT2D eigenvalue weighted by Crippen LogP contribution is 2.21. The first-order valence-electron chi connectivity index (χ1n) is 7.09. The Labute approximate surface area is 127 Å². The van der Waals surface area contributed by atoms with Crippen LogP contribution in [0.3, 0.4) is 0 Å². The number of carbonyl (C=O) groups excluding carboxylic acids is 1. The number of rotatable bonds is 7. The van der Waals surface area contributed by atoms with Gasteiger partial charge in [-0.05, 0) is 6.42 Å². The molecule has 0 aliphatic carbocycles. The Kier molecular flexibility index (Phi) is 5.10. The van der Waals surface area contributed by atoms with Gasteiger partial charge in [-0.2, -0.15) is 9.97 Å². The lowest BCUT2D eigenvalue weighted by molar-refractivity contribution is -0.147. The van der Waals surface area contributed by atoms with Crippen molar-refractivity contribution in [1.29, 1.82) is 0 Å². The standard InChI is InChI=1S/C13H20N6O3/c1-3-4-5-6-9(20)22-8-19-7-15-10-11(18(2)21)16-13(14)17-12(10)19/h7,21H,3-6,8H2,1-2H3,(H2,14,16,17). The number of aromatic nitrogens is 4. The van der Waals surface area contributed by atoms with E-state index in [1.807, 2.05) is 0 Å². The largest absolute Gasteiger partial charge is 0.444 e. The summed E-state index contributed by atoms with van der Waals surface area (Å²) < 4.78 is 6.73. The second-order valence-electron chi connectivity index (χ2n) is 4.92. The molecule has 0 fully saturated rings. The van der Waals surface area contributed by atoms with Gasteiger partial charge in [-0.1, -0.05) is 19.8 Å². The number of ether oxygens (including phenoxy) is 1. The molecule has 2 aromatic rings. The maximum absolute atomic E-state index is 11.6. The highest BCUT2D eigenvalue weighted by molar-refractivity contribution is 5.84. The topological polar surface area (TPSA) is 119 Å². The van der Waals surface area contributed by atoms with Gasteiger partial charge in [-0.25, -0.2) is 10.0 Å². The molecular formula is C13H20N6O3. The van der Waals surface area contributed by atoms with Crippen LogP contribution in [0.5, 0.6) is 0 Å². The molecule has 120 valence electrons. The summed E-state index contributed by atoms with van der Waals surface area (Å²) in [5.74, 6) is -0.0771. The number of anilines is 2. The second-order valence-corrected chi connectivity index (χ2v) is 4.92. The number of hydrogen-bond acceptors (Lipinski definition) is 8. The fraction of sp³-hybridized carbons (Fsp3) is 0.538. The third kappa shape index (κ3) is 3.61. The smallest absolute Gasteiger partial charge is 0.307 e. The van der Waals surface area contributed by atoms with Crippen molar-refractivity contribution in [3.05, 3.63) is 6.33 Å². The van der Waals surface area contributed by atoms with Crippen LogP contribution in [0, 0.1) is 0 Å². The number of carbonyl (C=O) groups is 1. The van der Waals surface area contributed by atoms with Crippen molar-refractivity contribution in [2.45, 2.75) is 39.3 Å². The molecule has 2 aromatic heterocycles. The Morgan fingerprint density at radius 3 is 2.91 bits per heavy atom. The van der Waals surface area contributed by atoms with Gasteiger partial charge < -0.3 is 10.5 Å². The summed E-state index contributed by atoms with van der Waals surface area (Å²) in [5.41, 5.74) is 6.39. The molecule has 0 radical (unpaired) electrons. The van der Waals surface area contributed by atoms with E-state index in [-0.39, 0.29) is 24.5 Å². The van der Waals surface area contributed by atoms with E-state index in [9.17, 15) is 10.0 Å². The number of nitrogens with two attached hydrogens (primary N) is 1. The van der Waals surface area contributed by atoms with Crippen molar-refractivity contribution in [1.82, 2.24) is 19.5 Å². The molecular weight excluding hydrogens is 288 g/mol. The number of fused-ring (bicyclic) bond motifs is 1. The average Bonchev–Trinajstić information content (AvgIpc) is 2.87.